The van der Waals surface area contributed by atoms with E-state index in [4.69, 9.17) is 16.3 Å². The minimum Gasteiger partial charge on any atom is -0.465 e. The molecule has 96 valence electrons. The molecule has 0 bridgehead atoms. The van der Waals surface area contributed by atoms with Crippen molar-refractivity contribution >= 4 is 29.1 Å². The topological polar surface area (TPSA) is 55.3 Å². The van der Waals surface area contributed by atoms with Gasteiger partial charge in [-0.05, 0) is 19.9 Å². The van der Waals surface area contributed by atoms with Crippen LogP contribution in [0.4, 0.5) is 0 Å². The van der Waals surface area contributed by atoms with Crippen LogP contribution in [0.15, 0.2) is 0 Å². The predicted molar refractivity (Wildman–Crippen MR) is 67.1 cm³/mol. The Balaban J connectivity index is 2.54. The minimum atomic E-state index is -0.222. The van der Waals surface area contributed by atoms with Crippen molar-refractivity contribution in [2.75, 3.05) is 19.7 Å². The van der Waals surface area contributed by atoms with E-state index >= 15 is 0 Å². The lowest BCUT2D eigenvalue weighted by molar-refractivity contribution is -0.144. The molecule has 0 aliphatic rings. The number of hydrogen-bond donors (Lipinski definition) is 0. The van der Waals surface area contributed by atoms with Gasteiger partial charge in [0.2, 0.25) is 0 Å². The lowest BCUT2D eigenvalue weighted by Crippen LogP contribution is -2.31. The summed E-state index contributed by atoms with van der Waals surface area (Å²) in [6.07, 6.45) is 0.953. The van der Waals surface area contributed by atoms with Crippen LogP contribution >= 0.6 is 23.1 Å². The molecule has 0 aliphatic heterocycles. The SMILES string of the molecule is CCCN(CC(=O)OCC)Cc1nnsc1Cl. The zero-order valence-corrected chi connectivity index (χ0v) is 11.6. The first-order valence-electron chi connectivity index (χ1n) is 5.52. The van der Waals surface area contributed by atoms with Crippen molar-refractivity contribution in [2.24, 2.45) is 0 Å². The number of nitrogens with zero attached hydrogens (tertiary/aromatic N) is 3. The molecule has 17 heavy (non-hydrogen) atoms. The first-order chi connectivity index (χ1) is 8.17. The normalized spacial score (nSPS) is 10.8. The molecule has 1 aromatic heterocycles. The second-order valence-corrected chi connectivity index (χ2v) is 4.87. The summed E-state index contributed by atoms with van der Waals surface area (Å²) in [5.41, 5.74) is 0.717. The molecule has 0 unspecified atom stereocenters. The molecule has 1 heterocycles. The van der Waals surface area contributed by atoms with E-state index < -0.39 is 0 Å². The Labute approximate surface area is 110 Å². The highest BCUT2D eigenvalue weighted by atomic mass is 35.5. The molecular weight excluding hydrogens is 262 g/mol. The smallest absolute Gasteiger partial charge is 0.320 e. The van der Waals surface area contributed by atoms with E-state index in [-0.39, 0.29) is 12.5 Å². The average Bonchev–Trinajstić information content (AvgIpc) is 2.65. The van der Waals surface area contributed by atoms with Gasteiger partial charge < -0.3 is 4.74 Å². The van der Waals surface area contributed by atoms with Gasteiger partial charge in [-0.25, -0.2) is 0 Å². The van der Waals surface area contributed by atoms with Crippen molar-refractivity contribution in [3.63, 3.8) is 0 Å². The van der Waals surface area contributed by atoms with Gasteiger partial charge in [0.1, 0.15) is 10.0 Å². The van der Waals surface area contributed by atoms with E-state index in [1.165, 1.54) is 0 Å². The Bertz CT molecular complexity index is 359. The summed E-state index contributed by atoms with van der Waals surface area (Å²) < 4.78 is 9.27. The number of halogens is 1. The molecule has 1 rings (SSSR count). The first kappa shape index (κ1) is 14.3. The van der Waals surface area contributed by atoms with E-state index in [1.807, 2.05) is 4.90 Å². The van der Waals surface area contributed by atoms with Gasteiger partial charge in [-0.1, -0.05) is 23.0 Å². The van der Waals surface area contributed by atoms with Gasteiger partial charge in [0.05, 0.1) is 13.2 Å². The van der Waals surface area contributed by atoms with Crippen LogP contribution in [0.25, 0.3) is 0 Å². The molecule has 0 N–H and O–H groups in total. The summed E-state index contributed by atoms with van der Waals surface area (Å²) in [7, 11) is 0. The Morgan fingerprint density at radius 3 is 2.82 bits per heavy atom. The van der Waals surface area contributed by atoms with Crippen molar-refractivity contribution < 1.29 is 9.53 Å². The van der Waals surface area contributed by atoms with E-state index in [9.17, 15) is 4.79 Å². The molecule has 1 aromatic rings. The summed E-state index contributed by atoms with van der Waals surface area (Å²) in [5.74, 6) is -0.222. The Hall–Kier alpha value is -0.720. The number of rotatable bonds is 7. The zero-order valence-electron chi connectivity index (χ0n) is 9.98. The van der Waals surface area contributed by atoms with Crippen molar-refractivity contribution in [3.05, 3.63) is 10.0 Å². The fourth-order valence-electron chi connectivity index (χ4n) is 1.42. The molecule has 0 saturated heterocycles. The number of ether oxygens (including phenoxy) is 1. The lowest BCUT2D eigenvalue weighted by Gasteiger charge is -2.19. The molecule has 0 atom stereocenters. The molecular formula is C10H16ClN3O2S. The van der Waals surface area contributed by atoms with Crippen molar-refractivity contribution in [1.29, 1.82) is 0 Å². The third-order valence-corrected chi connectivity index (χ3v) is 3.07. The zero-order chi connectivity index (χ0) is 12.7. The van der Waals surface area contributed by atoms with Crippen molar-refractivity contribution in [2.45, 2.75) is 26.8 Å². The third-order valence-electron chi connectivity index (χ3n) is 2.08. The average molecular weight is 278 g/mol. The Morgan fingerprint density at radius 2 is 2.29 bits per heavy atom. The third kappa shape index (κ3) is 4.97. The minimum absolute atomic E-state index is 0.222. The molecule has 0 aromatic carbocycles. The fourth-order valence-corrected chi connectivity index (χ4v) is 2.03. The molecule has 7 heteroatoms. The lowest BCUT2D eigenvalue weighted by atomic mass is 10.3. The highest BCUT2D eigenvalue weighted by Gasteiger charge is 2.15. The number of hydrogen-bond acceptors (Lipinski definition) is 6. The number of carbonyl (C=O) groups excluding carboxylic acids is 1. The van der Waals surface area contributed by atoms with Gasteiger partial charge in [0.25, 0.3) is 0 Å². The maximum absolute atomic E-state index is 11.4. The Morgan fingerprint density at radius 1 is 1.53 bits per heavy atom. The molecule has 0 fully saturated rings. The van der Waals surface area contributed by atoms with Crippen LogP contribution in [0, 0.1) is 0 Å². The number of esters is 1. The number of aromatic nitrogens is 2. The molecule has 0 spiro atoms. The maximum atomic E-state index is 11.4. The number of carbonyl (C=O) groups is 1. The summed E-state index contributed by atoms with van der Waals surface area (Å²) >= 11 is 7.09. The van der Waals surface area contributed by atoms with Gasteiger partial charge in [0.15, 0.2) is 0 Å². The molecule has 0 radical (unpaired) electrons. The summed E-state index contributed by atoms with van der Waals surface area (Å²) in [5, 5.41) is 3.93. The van der Waals surface area contributed by atoms with E-state index in [1.54, 1.807) is 6.92 Å². The van der Waals surface area contributed by atoms with Crippen LogP contribution in [0.1, 0.15) is 26.0 Å². The molecule has 0 aliphatic carbocycles. The second kappa shape index (κ2) is 7.58. The van der Waals surface area contributed by atoms with Gasteiger partial charge >= 0.3 is 5.97 Å². The van der Waals surface area contributed by atoms with Crippen LogP contribution < -0.4 is 0 Å². The predicted octanol–water partition coefficient (Wildman–Crippen LogP) is 1.97. The van der Waals surface area contributed by atoms with Crippen LogP contribution in [0.2, 0.25) is 4.34 Å². The highest BCUT2D eigenvalue weighted by Crippen LogP contribution is 2.18. The van der Waals surface area contributed by atoms with Crippen molar-refractivity contribution in [1.82, 2.24) is 14.5 Å². The Kier molecular flexibility index (Phi) is 6.39. The summed E-state index contributed by atoms with van der Waals surface area (Å²) in [6, 6.07) is 0. The van der Waals surface area contributed by atoms with Crippen molar-refractivity contribution in [3.8, 4) is 0 Å². The largest absolute Gasteiger partial charge is 0.465 e. The van der Waals surface area contributed by atoms with Gasteiger partial charge in [-0.2, -0.15) is 0 Å². The standard InChI is InChI=1S/C10H16ClN3O2S/c1-3-5-14(7-9(15)16-4-2)6-8-10(11)17-13-12-8/h3-7H2,1-2H3. The first-order valence-corrected chi connectivity index (χ1v) is 6.67. The van der Waals surface area contributed by atoms with E-state index in [2.05, 4.69) is 16.5 Å². The van der Waals surface area contributed by atoms with Crippen LogP contribution in [-0.2, 0) is 16.1 Å². The maximum Gasteiger partial charge on any atom is 0.320 e. The molecule has 5 nitrogen and oxygen atoms in total. The highest BCUT2D eigenvalue weighted by molar-refractivity contribution is 7.10. The summed E-state index contributed by atoms with van der Waals surface area (Å²) in [6.45, 7) is 5.84. The van der Waals surface area contributed by atoms with Crippen LogP contribution in [0.3, 0.4) is 0 Å². The van der Waals surface area contributed by atoms with Gasteiger partial charge in [-0.15, -0.1) is 5.10 Å². The van der Waals surface area contributed by atoms with Gasteiger partial charge in [-0.3, -0.25) is 9.69 Å². The second-order valence-electron chi connectivity index (χ2n) is 3.51. The van der Waals surface area contributed by atoms with E-state index in [0.717, 1.165) is 30.2 Å². The quantitative estimate of drug-likeness (QED) is 0.713. The summed E-state index contributed by atoms with van der Waals surface area (Å²) in [4.78, 5) is 13.4. The molecule has 0 saturated carbocycles. The van der Waals surface area contributed by atoms with Crippen LogP contribution in [-0.4, -0.2) is 40.2 Å². The molecule has 0 amide bonds. The van der Waals surface area contributed by atoms with E-state index in [0.29, 0.717) is 17.5 Å². The monoisotopic (exact) mass is 277 g/mol. The van der Waals surface area contributed by atoms with Gasteiger partial charge in [0, 0.05) is 18.1 Å². The van der Waals surface area contributed by atoms with Crippen LogP contribution in [0.5, 0.6) is 0 Å². The fraction of sp³-hybridized carbons (Fsp3) is 0.700.